The number of hydrogen-bond acceptors (Lipinski definition) is 6. The molecule has 0 aliphatic carbocycles. The summed E-state index contributed by atoms with van der Waals surface area (Å²) < 4.78 is 25.4. The zero-order chi connectivity index (χ0) is 23.2. The van der Waals surface area contributed by atoms with Crippen molar-refractivity contribution in [2.75, 3.05) is 33.4 Å². The van der Waals surface area contributed by atoms with E-state index in [0.29, 0.717) is 45.6 Å². The lowest BCUT2D eigenvalue weighted by Crippen LogP contribution is -2.41. The molecule has 1 atom stereocenters. The zero-order valence-corrected chi connectivity index (χ0v) is 18.6. The number of methoxy groups -OCH3 is 1. The predicted molar refractivity (Wildman–Crippen MR) is 122 cm³/mol. The molecule has 2 aliphatic heterocycles. The molecular weight excluding hydrogens is 425 g/mol. The molecule has 2 heterocycles. The fraction of sp³-hybridized carbons (Fsp3) is 0.400. The van der Waals surface area contributed by atoms with Gasteiger partial charge in [-0.05, 0) is 36.1 Å². The molecule has 1 fully saturated rings. The van der Waals surface area contributed by atoms with Gasteiger partial charge in [0.15, 0.2) is 0 Å². The Kier molecular flexibility index (Phi) is 7.47. The molecule has 1 N–H and O–H groups in total. The fourth-order valence-electron chi connectivity index (χ4n) is 4.28. The third kappa shape index (κ3) is 5.29. The number of likely N-dealkylation sites (tertiary alicyclic amines) is 1. The van der Waals surface area contributed by atoms with Crippen molar-refractivity contribution in [1.29, 1.82) is 0 Å². The minimum atomic E-state index is -0.535. The highest BCUT2D eigenvalue weighted by Gasteiger charge is 2.27. The average molecular weight is 454 g/mol. The lowest BCUT2D eigenvalue weighted by atomic mass is 9.92. The first kappa shape index (κ1) is 23.1. The maximum atomic E-state index is 14.6. The first-order valence-corrected chi connectivity index (χ1v) is 11.2. The van der Waals surface area contributed by atoms with Crippen molar-refractivity contribution >= 4 is 17.9 Å². The molecule has 0 aromatic heterocycles. The molecule has 1 saturated heterocycles. The van der Waals surface area contributed by atoms with E-state index in [0.717, 1.165) is 28.7 Å². The van der Waals surface area contributed by atoms with Crippen LogP contribution in [0.3, 0.4) is 0 Å². The first-order valence-electron chi connectivity index (χ1n) is 11.2. The van der Waals surface area contributed by atoms with Gasteiger partial charge in [0.1, 0.15) is 18.1 Å². The minimum Gasteiger partial charge on any atom is -0.382 e. The van der Waals surface area contributed by atoms with Gasteiger partial charge >= 0.3 is 0 Å². The quantitative estimate of drug-likeness (QED) is 0.491. The molecule has 7 nitrogen and oxygen atoms in total. The van der Waals surface area contributed by atoms with E-state index in [2.05, 4.69) is 10.5 Å². The molecule has 174 valence electrons. The standard InChI is InChI=1S/C25H28FN3O4/c1-32-12-13-33-18-8-10-29(11-9-18)25(31)21-14-17(6-7-22(21)26)15-23-19-4-2-3-5-20(19)24(16-30)28-27-23/h2-7,14,16,18,24,28H,8-13,15H2,1H3. The van der Waals surface area contributed by atoms with Gasteiger partial charge in [-0.3, -0.25) is 10.2 Å². The van der Waals surface area contributed by atoms with Gasteiger partial charge in [0, 0.05) is 32.2 Å². The van der Waals surface area contributed by atoms with Crippen LogP contribution in [0.2, 0.25) is 0 Å². The van der Waals surface area contributed by atoms with E-state index in [4.69, 9.17) is 9.47 Å². The number of hydrazone groups is 1. The van der Waals surface area contributed by atoms with Gasteiger partial charge in [-0.2, -0.15) is 5.10 Å². The maximum Gasteiger partial charge on any atom is 0.256 e. The molecule has 0 bridgehead atoms. The van der Waals surface area contributed by atoms with Crippen molar-refractivity contribution in [3.63, 3.8) is 0 Å². The molecule has 0 saturated carbocycles. The summed E-state index contributed by atoms with van der Waals surface area (Å²) in [5.41, 5.74) is 6.18. The fourth-order valence-corrected chi connectivity index (χ4v) is 4.28. The Morgan fingerprint density at radius 1 is 1.21 bits per heavy atom. The Balaban J connectivity index is 1.45. The van der Waals surface area contributed by atoms with Crippen LogP contribution in [0, 0.1) is 5.82 Å². The SMILES string of the molecule is COCCOC1CCN(C(=O)c2cc(CC3=NNC(C=O)c4ccccc43)ccc2F)CC1. The van der Waals surface area contributed by atoms with Crippen LogP contribution in [-0.2, 0) is 20.7 Å². The predicted octanol–water partition coefficient (Wildman–Crippen LogP) is 2.88. The number of hydrogen-bond donors (Lipinski definition) is 1. The maximum absolute atomic E-state index is 14.6. The minimum absolute atomic E-state index is 0.0645. The van der Waals surface area contributed by atoms with Crippen LogP contribution in [0.5, 0.6) is 0 Å². The number of nitrogens with zero attached hydrogens (tertiary/aromatic N) is 2. The number of ether oxygens (including phenoxy) is 2. The Labute approximate surface area is 192 Å². The topological polar surface area (TPSA) is 80.2 Å². The summed E-state index contributed by atoms with van der Waals surface area (Å²) in [4.78, 5) is 26.1. The van der Waals surface area contributed by atoms with Gasteiger partial charge in [-0.25, -0.2) is 4.39 Å². The first-order chi connectivity index (χ1) is 16.1. The summed E-state index contributed by atoms with van der Waals surface area (Å²) in [5.74, 6) is -0.845. The largest absolute Gasteiger partial charge is 0.382 e. The molecule has 8 heteroatoms. The number of nitrogens with one attached hydrogen (secondary N) is 1. The van der Waals surface area contributed by atoms with Crippen LogP contribution >= 0.6 is 0 Å². The van der Waals surface area contributed by atoms with Gasteiger partial charge < -0.3 is 19.2 Å². The second kappa shape index (κ2) is 10.7. The Bertz CT molecular complexity index is 1030. The number of piperidine rings is 1. The van der Waals surface area contributed by atoms with Crippen molar-refractivity contribution in [2.45, 2.75) is 31.4 Å². The van der Waals surface area contributed by atoms with Gasteiger partial charge in [-0.1, -0.05) is 30.3 Å². The number of carbonyl (C=O) groups is 2. The van der Waals surface area contributed by atoms with Crippen LogP contribution in [0.4, 0.5) is 4.39 Å². The normalized spacial score (nSPS) is 18.3. The summed E-state index contributed by atoms with van der Waals surface area (Å²) in [6, 6.07) is 11.7. The average Bonchev–Trinajstić information content (AvgIpc) is 2.85. The molecule has 2 aromatic rings. The molecule has 4 rings (SSSR count). The van der Waals surface area contributed by atoms with Crippen molar-refractivity contribution in [3.05, 3.63) is 70.5 Å². The van der Waals surface area contributed by atoms with E-state index in [1.807, 2.05) is 24.3 Å². The lowest BCUT2D eigenvalue weighted by Gasteiger charge is -2.32. The number of fused-ring (bicyclic) bond motifs is 1. The summed E-state index contributed by atoms with van der Waals surface area (Å²) in [5, 5.41) is 4.37. The third-order valence-corrected chi connectivity index (χ3v) is 6.08. The number of carbonyl (C=O) groups excluding carboxylic acids is 2. The van der Waals surface area contributed by atoms with Crippen LogP contribution in [0.15, 0.2) is 47.6 Å². The lowest BCUT2D eigenvalue weighted by molar-refractivity contribution is -0.109. The molecule has 1 unspecified atom stereocenters. The monoisotopic (exact) mass is 453 g/mol. The molecule has 2 aromatic carbocycles. The van der Waals surface area contributed by atoms with Crippen molar-refractivity contribution < 1.29 is 23.5 Å². The van der Waals surface area contributed by atoms with E-state index in [1.165, 1.54) is 6.07 Å². The molecule has 2 aliphatic rings. The smallest absolute Gasteiger partial charge is 0.256 e. The molecule has 0 radical (unpaired) electrons. The second-order valence-corrected chi connectivity index (χ2v) is 8.23. The highest BCUT2D eigenvalue weighted by molar-refractivity contribution is 6.04. The van der Waals surface area contributed by atoms with Crippen LogP contribution in [-0.4, -0.2) is 62.3 Å². The van der Waals surface area contributed by atoms with Crippen LogP contribution in [0.1, 0.15) is 45.9 Å². The van der Waals surface area contributed by atoms with Crippen molar-refractivity contribution in [1.82, 2.24) is 10.3 Å². The third-order valence-electron chi connectivity index (χ3n) is 6.08. The van der Waals surface area contributed by atoms with Gasteiger partial charge in [-0.15, -0.1) is 0 Å². The highest BCUT2D eigenvalue weighted by Crippen LogP contribution is 2.24. The van der Waals surface area contributed by atoms with E-state index in [9.17, 15) is 14.0 Å². The highest BCUT2D eigenvalue weighted by atomic mass is 19.1. The summed E-state index contributed by atoms with van der Waals surface area (Å²) in [6.07, 6.45) is 2.75. The molecular formula is C25H28FN3O4. The Hall–Kier alpha value is -3.10. The van der Waals surface area contributed by atoms with Crippen LogP contribution < -0.4 is 5.43 Å². The van der Waals surface area contributed by atoms with E-state index in [1.54, 1.807) is 24.1 Å². The molecule has 0 spiro atoms. The van der Waals surface area contributed by atoms with Gasteiger partial charge in [0.25, 0.3) is 5.91 Å². The second-order valence-electron chi connectivity index (χ2n) is 8.23. The van der Waals surface area contributed by atoms with Gasteiger partial charge in [0.05, 0.1) is 30.6 Å². The summed E-state index contributed by atoms with van der Waals surface area (Å²) in [6.45, 7) is 2.12. The van der Waals surface area contributed by atoms with Crippen LogP contribution in [0.25, 0.3) is 0 Å². The van der Waals surface area contributed by atoms with E-state index < -0.39 is 11.9 Å². The number of halogens is 1. The van der Waals surface area contributed by atoms with E-state index in [-0.39, 0.29) is 17.6 Å². The number of rotatable bonds is 8. The summed E-state index contributed by atoms with van der Waals surface area (Å²) in [7, 11) is 1.63. The Morgan fingerprint density at radius 3 is 2.76 bits per heavy atom. The van der Waals surface area contributed by atoms with Crippen molar-refractivity contribution in [3.8, 4) is 0 Å². The van der Waals surface area contributed by atoms with Crippen molar-refractivity contribution in [2.24, 2.45) is 5.10 Å². The summed E-state index contributed by atoms with van der Waals surface area (Å²) >= 11 is 0. The number of amides is 1. The molecule has 33 heavy (non-hydrogen) atoms. The van der Waals surface area contributed by atoms with Gasteiger partial charge in [0.2, 0.25) is 0 Å². The van der Waals surface area contributed by atoms with E-state index >= 15 is 0 Å². The zero-order valence-electron chi connectivity index (χ0n) is 18.6. The number of benzene rings is 2. The number of aldehydes is 1. The Morgan fingerprint density at radius 2 is 2.00 bits per heavy atom. The molecule has 1 amide bonds.